The number of halogens is 1. The fourth-order valence-corrected chi connectivity index (χ4v) is 2.36. The number of nitrogens with two attached hydrogens (primary N) is 1. The first kappa shape index (κ1) is 17.5. The van der Waals surface area contributed by atoms with Crippen LogP contribution in [0, 0.1) is 0 Å². The van der Waals surface area contributed by atoms with Crippen LogP contribution in [0.1, 0.15) is 30.0 Å². The van der Waals surface area contributed by atoms with Gasteiger partial charge in [-0.3, -0.25) is 0 Å². The summed E-state index contributed by atoms with van der Waals surface area (Å²) < 4.78 is 5.44. The zero-order valence-electron chi connectivity index (χ0n) is 12.7. The average molecular weight is 306 g/mol. The summed E-state index contributed by atoms with van der Waals surface area (Å²) in [6.07, 6.45) is 2.79. The van der Waals surface area contributed by atoms with Crippen molar-refractivity contribution in [1.82, 2.24) is 0 Å². The normalized spacial score (nSPS) is 11.6. The maximum absolute atomic E-state index is 6.08. The summed E-state index contributed by atoms with van der Waals surface area (Å²) in [5.74, 6) is 0.936. The maximum atomic E-state index is 6.08. The van der Waals surface area contributed by atoms with Gasteiger partial charge in [-0.1, -0.05) is 49.4 Å². The Kier molecular flexibility index (Phi) is 7.27. The van der Waals surface area contributed by atoms with Crippen molar-refractivity contribution in [2.24, 2.45) is 5.73 Å². The molecule has 0 bridgehead atoms. The van der Waals surface area contributed by atoms with E-state index in [0.29, 0.717) is 0 Å². The third kappa shape index (κ3) is 5.07. The Bertz CT molecular complexity index is 542. The van der Waals surface area contributed by atoms with Crippen LogP contribution in [0.3, 0.4) is 0 Å². The van der Waals surface area contributed by atoms with Crippen molar-refractivity contribution in [1.29, 1.82) is 0 Å². The molecule has 2 aromatic rings. The fourth-order valence-electron chi connectivity index (χ4n) is 2.36. The van der Waals surface area contributed by atoms with Gasteiger partial charge >= 0.3 is 0 Å². The average Bonchev–Trinajstić information content (AvgIpc) is 2.48. The summed E-state index contributed by atoms with van der Waals surface area (Å²) >= 11 is 0. The van der Waals surface area contributed by atoms with Gasteiger partial charge in [0.15, 0.2) is 0 Å². The first-order chi connectivity index (χ1) is 9.72. The van der Waals surface area contributed by atoms with E-state index in [2.05, 4.69) is 49.4 Å². The molecule has 1 atom stereocenters. The maximum Gasteiger partial charge on any atom is 0.122 e. The number of ether oxygens (including phenoxy) is 1. The quantitative estimate of drug-likeness (QED) is 0.876. The molecule has 2 nitrogen and oxygen atoms in total. The summed E-state index contributed by atoms with van der Waals surface area (Å²) in [7, 11) is 1.72. The van der Waals surface area contributed by atoms with Gasteiger partial charge in [0, 0.05) is 6.04 Å². The Labute approximate surface area is 133 Å². The molecule has 1 unspecified atom stereocenters. The highest BCUT2D eigenvalue weighted by molar-refractivity contribution is 5.85. The molecule has 2 aromatic carbocycles. The number of methoxy groups -OCH3 is 1. The van der Waals surface area contributed by atoms with Crippen LogP contribution in [0.15, 0.2) is 48.5 Å². The van der Waals surface area contributed by atoms with Crippen LogP contribution in [0.5, 0.6) is 5.75 Å². The number of hydrogen-bond acceptors (Lipinski definition) is 2. The zero-order valence-corrected chi connectivity index (χ0v) is 13.5. The third-order valence-electron chi connectivity index (χ3n) is 3.60. The van der Waals surface area contributed by atoms with Gasteiger partial charge in [-0.15, -0.1) is 12.4 Å². The van der Waals surface area contributed by atoms with E-state index < -0.39 is 0 Å². The Morgan fingerprint density at radius 2 is 1.76 bits per heavy atom. The van der Waals surface area contributed by atoms with E-state index in [1.54, 1.807) is 7.11 Å². The molecule has 114 valence electrons. The van der Waals surface area contributed by atoms with E-state index >= 15 is 0 Å². The molecule has 2 N–H and O–H groups in total. The largest absolute Gasteiger partial charge is 0.496 e. The van der Waals surface area contributed by atoms with Crippen molar-refractivity contribution in [2.45, 2.75) is 32.2 Å². The van der Waals surface area contributed by atoms with Gasteiger partial charge in [0.05, 0.1) is 7.11 Å². The van der Waals surface area contributed by atoms with Gasteiger partial charge in [0.1, 0.15) is 5.75 Å². The zero-order chi connectivity index (χ0) is 14.4. The summed E-state index contributed by atoms with van der Waals surface area (Å²) in [5.41, 5.74) is 9.90. The number of hydrogen-bond donors (Lipinski definition) is 1. The summed E-state index contributed by atoms with van der Waals surface area (Å²) in [6, 6.07) is 17.1. The molecule has 2 rings (SSSR count). The van der Waals surface area contributed by atoms with Crippen molar-refractivity contribution in [2.75, 3.05) is 7.11 Å². The molecule has 3 heteroatoms. The Morgan fingerprint density at radius 1 is 1.05 bits per heavy atom. The lowest BCUT2D eigenvalue weighted by Crippen LogP contribution is -2.21. The fraction of sp³-hybridized carbons (Fsp3) is 0.333. The summed E-state index contributed by atoms with van der Waals surface area (Å²) in [5, 5.41) is 0. The first-order valence-corrected chi connectivity index (χ1v) is 7.18. The lowest BCUT2D eigenvalue weighted by atomic mass is 9.98. The second kappa shape index (κ2) is 8.71. The molecular formula is C18H24ClNO. The van der Waals surface area contributed by atoms with Crippen molar-refractivity contribution < 1.29 is 4.74 Å². The van der Waals surface area contributed by atoms with Gasteiger partial charge in [-0.05, 0) is 42.0 Å². The van der Waals surface area contributed by atoms with E-state index in [9.17, 15) is 0 Å². The van der Waals surface area contributed by atoms with E-state index in [0.717, 1.165) is 25.0 Å². The minimum absolute atomic E-state index is 0. The van der Waals surface area contributed by atoms with Crippen molar-refractivity contribution in [3.8, 4) is 5.75 Å². The third-order valence-corrected chi connectivity index (χ3v) is 3.60. The standard InChI is InChI=1S/C18H23NO.ClH/c1-3-17(19)13-16-12-15(9-10-18(16)20-2)11-14-7-5-4-6-8-14;/h4-10,12,17H,3,11,13,19H2,1-2H3;1H. The SMILES string of the molecule is CCC(N)Cc1cc(Cc2ccccc2)ccc1OC.Cl. The molecule has 0 amide bonds. The minimum Gasteiger partial charge on any atom is -0.496 e. The molecule has 0 aliphatic heterocycles. The molecule has 0 fully saturated rings. The lowest BCUT2D eigenvalue weighted by Gasteiger charge is -2.14. The highest BCUT2D eigenvalue weighted by Crippen LogP contribution is 2.23. The highest BCUT2D eigenvalue weighted by Gasteiger charge is 2.09. The lowest BCUT2D eigenvalue weighted by molar-refractivity contribution is 0.407. The molecule has 0 saturated carbocycles. The van der Waals surface area contributed by atoms with Crippen LogP contribution in [-0.2, 0) is 12.8 Å². The monoisotopic (exact) mass is 305 g/mol. The molecule has 0 aromatic heterocycles. The van der Waals surface area contributed by atoms with Gasteiger partial charge in [0.2, 0.25) is 0 Å². The molecule has 0 spiro atoms. The molecule has 0 aliphatic carbocycles. The van der Waals surface area contributed by atoms with Crippen LogP contribution < -0.4 is 10.5 Å². The summed E-state index contributed by atoms with van der Waals surface area (Å²) in [4.78, 5) is 0. The highest BCUT2D eigenvalue weighted by atomic mass is 35.5. The Balaban J connectivity index is 0.00000220. The smallest absolute Gasteiger partial charge is 0.122 e. The first-order valence-electron chi connectivity index (χ1n) is 7.18. The van der Waals surface area contributed by atoms with Crippen LogP contribution in [0.2, 0.25) is 0 Å². The van der Waals surface area contributed by atoms with E-state index in [1.807, 2.05) is 6.07 Å². The Hall–Kier alpha value is -1.51. The number of benzene rings is 2. The molecular weight excluding hydrogens is 282 g/mol. The van der Waals surface area contributed by atoms with Crippen molar-refractivity contribution in [3.05, 3.63) is 65.2 Å². The number of rotatable bonds is 6. The minimum atomic E-state index is 0. The molecule has 21 heavy (non-hydrogen) atoms. The van der Waals surface area contributed by atoms with Gasteiger partial charge in [-0.2, -0.15) is 0 Å². The van der Waals surface area contributed by atoms with Gasteiger partial charge < -0.3 is 10.5 Å². The predicted molar refractivity (Wildman–Crippen MR) is 91.5 cm³/mol. The molecule has 0 aliphatic rings. The van der Waals surface area contributed by atoms with Crippen LogP contribution >= 0.6 is 12.4 Å². The van der Waals surface area contributed by atoms with E-state index in [1.165, 1.54) is 16.7 Å². The predicted octanol–water partition coefficient (Wildman–Crippen LogP) is 3.99. The van der Waals surface area contributed by atoms with Crippen LogP contribution in [-0.4, -0.2) is 13.2 Å². The van der Waals surface area contributed by atoms with E-state index in [4.69, 9.17) is 10.5 Å². The Morgan fingerprint density at radius 3 is 2.38 bits per heavy atom. The molecule has 0 heterocycles. The van der Waals surface area contributed by atoms with Crippen LogP contribution in [0.25, 0.3) is 0 Å². The van der Waals surface area contributed by atoms with Gasteiger partial charge in [0.25, 0.3) is 0 Å². The van der Waals surface area contributed by atoms with E-state index in [-0.39, 0.29) is 18.4 Å². The summed E-state index contributed by atoms with van der Waals surface area (Å²) in [6.45, 7) is 2.12. The van der Waals surface area contributed by atoms with Gasteiger partial charge in [-0.25, -0.2) is 0 Å². The second-order valence-electron chi connectivity index (χ2n) is 5.18. The molecule has 0 radical (unpaired) electrons. The van der Waals surface area contributed by atoms with Crippen LogP contribution in [0.4, 0.5) is 0 Å². The van der Waals surface area contributed by atoms with Crippen molar-refractivity contribution >= 4 is 12.4 Å². The topological polar surface area (TPSA) is 35.2 Å². The van der Waals surface area contributed by atoms with Crippen molar-refractivity contribution in [3.63, 3.8) is 0 Å². The molecule has 0 saturated heterocycles. The second-order valence-corrected chi connectivity index (χ2v) is 5.18.